The lowest BCUT2D eigenvalue weighted by atomic mass is 10.1. The quantitative estimate of drug-likeness (QED) is 0.756. The summed E-state index contributed by atoms with van der Waals surface area (Å²) in [5, 5.41) is 2.74. The van der Waals surface area contributed by atoms with E-state index in [0.29, 0.717) is 16.8 Å². The van der Waals surface area contributed by atoms with E-state index in [1.165, 1.54) is 0 Å². The molecule has 118 valence electrons. The number of anilines is 1. The number of hydrogen-bond acceptors (Lipinski definition) is 3. The van der Waals surface area contributed by atoms with Crippen LogP contribution in [0.25, 0.3) is 0 Å². The molecule has 0 aliphatic heterocycles. The Morgan fingerprint density at radius 3 is 2.00 bits per heavy atom. The third kappa shape index (κ3) is 4.67. The van der Waals surface area contributed by atoms with Crippen LogP contribution in [0.1, 0.15) is 34.1 Å². The molecule has 0 radical (unpaired) electrons. The average molecular weight is 311 g/mol. The molecule has 0 unspecified atom stereocenters. The number of carbonyl (C=O) groups is 3. The summed E-state index contributed by atoms with van der Waals surface area (Å²) in [6.07, 6.45) is 0.282. The van der Waals surface area contributed by atoms with Crippen LogP contribution in [0.5, 0.6) is 0 Å². The molecule has 2 aromatic rings. The molecule has 0 spiro atoms. The first-order chi connectivity index (χ1) is 11.1. The minimum absolute atomic E-state index is 0.224. The maximum Gasteiger partial charge on any atom is 0.269 e. The van der Waals surface area contributed by atoms with E-state index in [-0.39, 0.29) is 18.2 Å². The number of nitrogens with one attached hydrogen (secondary N) is 3. The van der Waals surface area contributed by atoms with E-state index < -0.39 is 5.91 Å². The summed E-state index contributed by atoms with van der Waals surface area (Å²) >= 11 is 0. The van der Waals surface area contributed by atoms with Crippen molar-refractivity contribution < 1.29 is 14.4 Å². The second-order valence-electron chi connectivity index (χ2n) is 4.75. The van der Waals surface area contributed by atoms with Gasteiger partial charge >= 0.3 is 0 Å². The predicted octanol–water partition coefficient (Wildman–Crippen LogP) is 2.11. The van der Waals surface area contributed by atoms with Crippen LogP contribution in [0.2, 0.25) is 0 Å². The Morgan fingerprint density at radius 1 is 0.783 bits per heavy atom. The Kier molecular flexibility index (Phi) is 5.46. The second-order valence-corrected chi connectivity index (χ2v) is 4.75. The Hall–Kier alpha value is -3.15. The molecule has 0 aromatic heterocycles. The summed E-state index contributed by atoms with van der Waals surface area (Å²) in [6, 6.07) is 15.2. The molecule has 0 saturated heterocycles. The summed E-state index contributed by atoms with van der Waals surface area (Å²) in [4.78, 5) is 34.9. The zero-order chi connectivity index (χ0) is 16.7. The zero-order valence-electron chi connectivity index (χ0n) is 12.6. The number of carbonyl (C=O) groups excluding carboxylic acids is 3. The molecule has 6 heteroatoms. The topological polar surface area (TPSA) is 87.3 Å². The van der Waals surface area contributed by atoms with Crippen LogP contribution in [0.3, 0.4) is 0 Å². The van der Waals surface area contributed by atoms with Gasteiger partial charge in [-0.05, 0) is 36.4 Å². The van der Waals surface area contributed by atoms with E-state index in [9.17, 15) is 14.4 Å². The summed E-state index contributed by atoms with van der Waals surface area (Å²) in [5.41, 5.74) is 6.10. The highest BCUT2D eigenvalue weighted by Crippen LogP contribution is 2.11. The van der Waals surface area contributed by atoms with Gasteiger partial charge in [0.2, 0.25) is 5.91 Å². The highest BCUT2D eigenvalue weighted by Gasteiger charge is 2.08. The van der Waals surface area contributed by atoms with Gasteiger partial charge in [-0.15, -0.1) is 0 Å². The van der Waals surface area contributed by atoms with Crippen LogP contribution in [-0.2, 0) is 4.79 Å². The van der Waals surface area contributed by atoms with E-state index in [1.54, 1.807) is 55.5 Å². The summed E-state index contributed by atoms with van der Waals surface area (Å²) in [7, 11) is 0. The van der Waals surface area contributed by atoms with Crippen molar-refractivity contribution in [2.24, 2.45) is 0 Å². The van der Waals surface area contributed by atoms with E-state index in [2.05, 4.69) is 16.2 Å². The molecule has 0 saturated carbocycles. The lowest BCUT2D eigenvalue weighted by molar-refractivity contribution is -0.121. The normalized spacial score (nSPS) is 9.78. The van der Waals surface area contributed by atoms with Gasteiger partial charge in [0.1, 0.15) is 0 Å². The Balaban J connectivity index is 1.95. The van der Waals surface area contributed by atoms with Crippen molar-refractivity contribution >= 4 is 23.4 Å². The second kappa shape index (κ2) is 7.74. The molecule has 0 atom stereocenters. The minimum Gasteiger partial charge on any atom is -0.322 e. The van der Waals surface area contributed by atoms with Crippen LogP contribution >= 0.6 is 0 Å². The predicted molar refractivity (Wildman–Crippen MR) is 86.7 cm³/mol. The van der Waals surface area contributed by atoms with Gasteiger partial charge in [-0.1, -0.05) is 25.1 Å². The van der Waals surface area contributed by atoms with Gasteiger partial charge in [-0.3, -0.25) is 25.2 Å². The van der Waals surface area contributed by atoms with Crippen LogP contribution in [-0.4, -0.2) is 17.7 Å². The van der Waals surface area contributed by atoms with Gasteiger partial charge in [0, 0.05) is 23.2 Å². The average Bonchev–Trinajstić information content (AvgIpc) is 2.60. The van der Waals surface area contributed by atoms with E-state index in [4.69, 9.17) is 0 Å². The Labute approximate surface area is 133 Å². The maximum absolute atomic E-state index is 12.0. The summed E-state index contributed by atoms with van der Waals surface area (Å²) in [6.45, 7) is 1.69. The highest BCUT2D eigenvalue weighted by molar-refractivity contribution is 6.04. The fourth-order valence-electron chi connectivity index (χ4n) is 1.78. The first kappa shape index (κ1) is 16.2. The number of amides is 3. The molecule has 2 aromatic carbocycles. The van der Waals surface area contributed by atoms with Crippen LogP contribution in [0.15, 0.2) is 54.6 Å². The minimum atomic E-state index is -0.423. The van der Waals surface area contributed by atoms with Crippen molar-refractivity contribution in [1.82, 2.24) is 10.9 Å². The van der Waals surface area contributed by atoms with Crippen molar-refractivity contribution in [3.63, 3.8) is 0 Å². The highest BCUT2D eigenvalue weighted by atomic mass is 16.2. The van der Waals surface area contributed by atoms with Gasteiger partial charge in [0.25, 0.3) is 11.8 Å². The number of hydrogen-bond donors (Lipinski definition) is 3. The third-order valence-corrected chi connectivity index (χ3v) is 3.08. The molecule has 0 heterocycles. The Bertz CT molecular complexity index is 697. The van der Waals surface area contributed by atoms with Gasteiger partial charge in [-0.2, -0.15) is 0 Å². The lowest BCUT2D eigenvalue weighted by Crippen LogP contribution is -2.41. The third-order valence-electron chi connectivity index (χ3n) is 3.08. The van der Waals surface area contributed by atoms with E-state index in [1.807, 2.05) is 6.07 Å². The smallest absolute Gasteiger partial charge is 0.269 e. The number of rotatable bonds is 4. The molecule has 3 N–H and O–H groups in total. The van der Waals surface area contributed by atoms with E-state index in [0.717, 1.165) is 0 Å². The van der Waals surface area contributed by atoms with E-state index >= 15 is 0 Å². The van der Waals surface area contributed by atoms with Crippen molar-refractivity contribution in [3.05, 3.63) is 65.7 Å². The van der Waals surface area contributed by atoms with Crippen molar-refractivity contribution in [2.45, 2.75) is 13.3 Å². The van der Waals surface area contributed by atoms with Crippen LogP contribution < -0.4 is 16.2 Å². The summed E-state index contributed by atoms with van der Waals surface area (Å²) < 4.78 is 0. The van der Waals surface area contributed by atoms with Gasteiger partial charge in [0.15, 0.2) is 0 Å². The van der Waals surface area contributed by atoms with Gasteiger partial charge in [-0.25, -0.2) is 0 Å². The first-order valence-corrected chi connectivity index (χ1v) is 7.16. The van der Waals surface area contributed by atoms with Gasteiger partial charge < -0.3 is 5.32 Å². The molecule has 2 rings (SSSR count). The molecule has 0 aliphatic carbocycles. The Morgan fingerprint density at radius 2 is 1.39 bits per heavy atom. The van der Waals surface area contributed by atoms with Crippen molar-refractivity contribution in [1.29, 1.82) is 0 Å². The van der Waals surface area contributed by atoms with Crippen molar-refractivity contribution in [3.8, 4) is 0 Å². The van der Waals surface area contributed by atoms with Crippen LogP contribution in [0, 0.1) is 0 Å². The molecule has 3 amide bonds. The zero-order valence-corrected chi connectivity index (χ0v) is 12.6. The fourth-order valence-corrected chi connectivity index (χ4v) is 1.78. The molecule has 23 heavy (non-hydrogen) atoms. The van der Waals surface area contributed by atoms with Gasteiger partial charge in [0.05, 0.1) is 0 Å². The fraction of sp³-hybridized carbons (Fsp3) is 0.118. The van der Waals surface area contributed by atoms with Crippen LogP contribution in [0.4, 0.5) is 5.69 Å². The number of hydrazine groups is 1. The summed E-state index contributed by atoms with van der Waals surface area (Å²) in [5.74, 6) is -0.921. The molecule has 0 aliphatic rings. The molecule has 0 fully saturated rings. The standard InChI is InChI=1S/C17H17N3O3/c1-2-15(21)19-20-17(23)13-8-10-14(11-9-13)18-16(22)12-6-4-3-5-7-12/h3-11H,2H2,1H3,(H,18,22)(H,19,21)(H,20,23). The lowest BCUT2D eigenvalue weighted by Gasteiger charge is -2.08. The SMILES string of the molecule is CCC(=O)NNC(=O)c1ccc(NC(=O)c2ccccc2)cc1. The molecule has 0 bridgehead atoms. The first-order valence-electron chi connectivity index (χ1n) is 7.16. The van der Waals surface area contributed by atoms with Crippen molar-refractivity contribution in [2.75, 3.05) is 5.32 Å². The molecular formula is C17H17N3O3. The largest absolute Gasteiger partial charge is 0.322 e. The number of benzene rings is 2. The molecule has 6 nitrogen and oxygen atoms in total. The molecular weight excluding hydrogens is 294 g/mol. The monoisotopic (exact) mass is 311 g/mol. The maximum atomic E-state index is 12.0.